The minimum absolute atomic E-state index is 0.886. The van der Waals surface area contributed by atoms with Crippen molar-refractivity contribution in [2.24, 2.45) is 0 Å². The number of benzene rings is 2. The largest absolute Gasteiger partial charge is 0.452 e. The van der Waals surface area contributed by atoms with Crippen LogP contribution in [0, 0.1) is 0 Å². The van der Waals surface area contributed by atoms with Crippen molar-refractivity contribution in [1.29, 1.82) is 0 Å². The van der Waals surface area contributed by atoms with Gasteiger partial charge in [-0.2, -0.15) is 0 Å². The topological polar surface area (TPSA) is 21.3 Å². The van der Waals surface area contributed by atoms with Crippen LogP contribution in [-0.4, -0.2) is 6.26 Å². The number of nitrogens with one attached hydrogen (secondary N) is 1. The smallest absolute Gasteiger partial charge is 0.164 e. The molecule has 16 heavy (non-hydrogen) atoms. The summed E-state index contributed by atoms with van der Waals surface area (Å²) < 4.78 is 5.92. The second kappa shape index (κ2) is 3.76. The fourth-order valence-corrected chi connectivity index (χ4v) is 2.35. The first-order valence-electron chi connectivity index (χ1n) is 5.09. The van der Waals surface area contributed by atoms with Gasteiger partial charge >= 0.3 is 0 Å². The molecule has 3 rings (SSSR count). The number of para-hydroxylation sites is 3. The van der Waals surface area contributed by atoms with Crippen LogP contribution in [0.3, 0.4) is 0 Å². The van der Waals surface area contributed by atoms with Gasteiger partial charge in [-0.3, -0.25) is 0 Å². The van der Waals surface area contributed by atoms with E-state index in [0.717, 1.165) is 27.8 Å². The minimum atomic E-state index is 0.886. The van der Waals surface area contributed by atoms with E-state index in [1.54, 1.807) is 11.8 Å². The van der Waals surface area contributed by atoms with Gasteiger partial charge in [-0.05, 0) is 30.5 Å². The molecular weight excluding hydrogens is 218 g/mol. The van der Waals surface area contributed by atoms with Gasteiger partial charge < -0.3 is 10.1 Å². The summed E-state index contributed by atoms with van der Waals surface area (Å²) >= 11 is 1.69. The lowest BCUT2D eigenvalue weighted by Gasteiger charge is -2.23. The number of fused-ring (bicyclic) bond motifs is 2. The van der Waals surface area contributed by atoms with Gasteiger partial charge in [0, 0.05) is 0 Å². The molecule has 2 aromatic rings. The monoisotopic (exact) mass is 229 g/mol. The van der Waals surface area contributed by atoms with Gasteiger partial charge in [0.05, 0.1) is 16.3 Å². The van der Waals surface area contributed by atoms with Gasteiger partial charge in [-0.25, -0.2) is 0 Å². The molecule has 1 heterocycles. The van der Waals surface area contributed by atoms with E-state index in [9.17, 15) is 0 Å². The van der Waals surface area contributed by atoms with Gasteiger partial charge in [0.1, 0.15) is 0 Å². The molecule has 0 radical (unpaired) electrons. The molecule has 1 aliphatic heterocycles. The lowest BCUT2D eigenvalue weighted by Crippen LogP contribution is -2.03. The Balaban J connectivity index is 2.12. The van der Waals surface area contributed by atoms with Crippen molar-refractivity contribution in [2.75, 3.05) is 11.6 Å². The average Bonchev–Trinajstić information content (AvgIpc) is 2.35. The summed E-state index contributed by atoms with van der Waals surface area (Å²) in [5, 5.41) is 3.38. The van der Waals surface area contributed by atoms with Gasteiger partial charge in [0.2, 0.25) is 0 Å². The van der Waals surface area contributed by atoms with E-state index in [1.165, 1.54) is 0 Å². The second-order valence-corrected chi connectivity index (χ2v) is 4.41. The third kappa shape index (κ3) is 1.44. The van der Waals surface area contributed by atoms with Crippen LogP contribution in [0.2, 0.25) is 0 Å². The maximum atomic E-state index is 5.92. The van der Waals surface area contributed by atoms with E-state index in [4.69, 9.17) is 4.74 Å². The quantitative estimate of drug-likeness (QED) is 0.630. The molecule has 1 aliphatic rings. The summed E-state index contributed by atoms with van der Waals surface area (Å²) in [6.45, 7) is 0. The Labute approximate surface area is 98.6 Å². The molecule has 0 saturated carbocycles. The third-order valence-corrected chi connectivity index (χ3v) is 3.33. The number of rotatable bonds is 1. The molecule has 1 N–H and O–H groups in total. The highest BCUT2D eigenvalue weighted by atomic mass is 32.2. The molecule has 0 aromatic heterocycles. The van der Waals surface area contributed by atoms with Crippen LogP contribution in [0.25, 0.3) is 0 Å². The van der Waals surface area contributed by atoms with E-state index >= 15 is 0 Å². The molecule has 2 nitrogen and oxygen atoms in total. The summed E-state index contributed by atoms with van der Waals surface area (Å²) in [6.07, 6.45) is 2.06. The summed E-state index contributed by atoms with van der Waals surface area (Å²) in [5.41, 5.74) is 2.05. The third-order valence-electron chi connectivity index (χ3n) is 2.57. The van der Waals surface area contributed by atoms with Crippen LogP contribution >= 0.6 is 11.8 Å². The van der Waals surface area contributed by atoms with E-state index in [0.29, 0.717) is 0 Å². The Bertz CT molecular complexity index is 539. The zero-order chi connectivity index (χ0) is 11.0. The summed E-state index contributed by atoms with van der Waals surface area (Å²) in [6, 6.07) is 14.1. The number of hydrogen-bond acceptors (Lipinski definition) is 3. The van der Waals surface area contributed by atoms with E-state index in [-0.39, 0.29) is 0 Å². The average molecular weight is 229 g/mol. The van der Waals surface area contributed by atoms with Crippen LogP contribution in [0.4, 0.5) is 11.4 Å². The number of thioether (sulfide) groups is 1. The first-order valence-corrected chi connectivity index (χ1v) is 6.32. The van der Waals surface area contributed by atoms with Crippen molar-refractivity contribution in [3.8, 4) is 11.5 Å². The first-order chi connectivity index (χ1) is 7.88. The summed E-state index contributed by atoms with van der Waals surface area (Å²) in [7, 11) is 0. The molecule has 0 saturated heterocycles. The Kier molecular flexibility index (Phi) is 2.26. The first kappa shape index (κ1) is 9.60. The molecule has 0 bridgehead atoms. The fourth-order valence-electron chi connectivity index (χ4n) is 1.79. The van der Waals surface area contributed by atoms with E-state index in [2.05, 4.69) is 17.6 Å². The molecular formula is C13H11NOS. The molecule has 3 heteroatoms. The lowest BCUT2D eigenvalue weighted by atomic mass is 10.2. The van der Waals surface area contributed by atoms with Crippen LogP contribution in [0.5, 0.6) is 11.5 Å². The molecule has 0 unspecified atom stereocenters. The van der Waals surface area contributed by atoms with Crippen molar-refractivity contribution >= 4 is 23.1 Å². The molecule has 0 atom stereocenters. The predicted octanol–water partition coefficient (Wildman–Crippen LogP) is 4.26. The highest BCUT2D eigenvalue weighted by Gasteiger charge is 2.18. The normalized spacial score (nSPS) is 12.1. The number of hydrogen-bond donors (Lipinski definition) is 1. The molecule has 0 spiro atoms. The van der Waals surface area contributed by atoms with Crippen molar-refractivity contribution in [3.63, 3.8) is 0 Å². The highest BCUT2D eigenvalue weighted by molar-refractivity contribution is 7.98. The Morgan fingerprint density at radius 1 is 1.00 bits per heavy atom. The molecule has 0 amide bonds. The predicted molar refractivity (Wildman–Crippen MR) is 68.0 cm³/mol. The Morgan fingerprint density at radius 2 is 1.81 bits per heavy atom. The molecule has 2 aromatic carbocycles. The van der Waals surface area contributed by atoms with Crippen molar-refractivity contribution < 1.29 is 4.74 Å². The fraction of sp³-hybridized carbons (Fsp3) is 0.0769. The van der Waals surface area contributed by atoms with Gasteiger partial charge in [0.15, 0.2) is 11.5 Å². The lowest BCUT2D eigenvalue weighted by molar-refractivity contribution is 0.470. The van der Waals surface area contributed by atoms with Gasteiger partial charge in [-0.1, -0.05) is 18.2 Å². The van der Waals surface area contributed by atoms with Crippen LogP contribution in [0.1, 0.15) is 0 Å². The van der Waals surface area contributed by atoms with Crippen molar-refractivity contribution in [3.05, 3.63) is 42.5 Å². The maximum absolute atomic E-state index is 5.92. The molecule has 0 fully saturated rings. The zero-order valence-electron chi connectivity index (χ0n) is 8.86. The SMILES string of the molecule is CSc1cccc2c1Oc1ccccc1N2. The summed E-state index contributed by atoms with van der Waals surface area (Å²) in [4.78, 5) is 1.15. The number of ether oxygens (including phenoxy) is 1. The Hall–Kier alpha value is -1.61. The van der Waals surface area contributed by atoms with E-state index < -0.39 is 0 Å². The van der Waals surface area contributed by atoms with Crippen LogP contribution in [0.15, 0.2) is 47.4 Å². The Morgan fingerprint density at radius 3 is 2.69 bits per heavy atom. The van der Waals surface area contributed by atoms with Crippen LogP contribution < -0.4 is 10.1 Å². The second-order valence-electron chi connectivity index (χ2n) is 3.56. The minimum Gasteiger partial charge on any atom is -0.452 e. The van der Waals surface area contributed by atoms with Crippen molar-refractivity contribution in [1.82, 2.24) is 0 Å². The molecule has 0 aliphatic carbocycles. The van der Waals surface area contributed by atoms with Gasteiger partial charge in [-0.15, -0.1) is 11.8 Å². The summed E-state index contributed by atoms with van der Waals surface area (Å²) in [5.74, 6) is 1.81. The standard InChI is InChI=1S/C13H11NOS/c1-16-12-8-4-6-10-13(12)15-11-7-3-2-5-9(11)14-10/h2-8,14H,1H3. The number of anilines is 2. The van der Waals surface area contributed by atoms with Crippen LogP contribution in [-0.2, 0) is 0 Å². The highest BCUT2D eigenvalue weighted by Crippen LogP contribution is 2.45. The van der Waals surface area contributed by atoms with E-state index in [1.807, 2.05) is 36.4 Å². The molecule has 80 valence electrons. The zero-order valence-corrected chi connectivity index (χ0v) is 9.67. The maximum Gasteiger partial charge on any atom is 0.164 e. The van der Waals surface area contributed by atoms with Gasteiger partial charge in [0.25, 0.3) is 0 Å². The van der Waals surface area contributed by atoms with Crippen molar-refractivity contribution in [2.45, 2.75) is 4.90 Å².